The van der Waals surface area contributed by atoms with Gasteiger partial charge in [0.25, 0.3) is 0 Å². The minimum atomic E-state index is -3.28. The molecule has 0 bridgehead atoms. The highest BCUT2D eigenvalue weighted by Crippen LogP contribution is 2.15. The minimum absolute atomic E-state index is 0.323. The summed E-state index contributed by atoms with van der Waals surface area (Å²) >= 11 is 0. The number of hydrogen-bond acceptors (Lipinski definition) is 3. The van der Waals surface area contributed by atoms with E-state index < -0.39 is 10.0 Å². The van der Waals surface area contributed by atoms with Crippen LogP contribution in [0.5, 0.6) is 0 Å². The topological polar surface area (TPSA) is 63.4 Å². The Morgan fingerprint density at radius 3 is 2.33 bits per heavy atom. The number of likely N-dealkylation sites (tertiary alicyclic amines) is 1. The Labute approximate surface area is 73.8 Å². The van der Waals surface area contributed by atoms with E-state index in [0.29, 0.717) is 19.0 Å². The first-order valence-electron chi connectivity index (χ1n) is 4.13. The third-order valence-corrected chi connectivity index (χ3v) is 3.24. The summed E-state index contributed by atoms with van der Waals surface area (Å²) in [6.45, 7) is 6.41. The second-order valence-electron chi connectivity index (χ2n) is 3.82. The van der Waals surface area contributed by atoms with Gasteiger partial charge in [-0.1, -0.05) is 13.8 Å². The van der Waals surface area contributed by atoms with E-state index in [2.05, 4.69) is 18.7 Å². The van der Waals surface area contributed by atoms with Crippen LogP contribution >= 0.6 is 0 Å². The lowest BCUT2D eigenvalue weighted by atomic mass is 10.1. The highest BCUT2D eigenvalue weighted by molar-refractivity contribution is 7.89. The molecular formula is C7H16N2O2S. The Balaban J connectivity index is 2.30. The lowest BCUT2D eigenvalue weighted by Gasteiger charge is -2.38. The van der Waals surface area contributed by atoms with E-state index >= 15 is 0 Å². The van der Waals surface area contributed by atoms with Crippen molar-refractivity contribution in [1.82, 2.24) is 4.90 Å². The molecule has 2 N–H and O–H groups in total. The van der Waals surface area contributed by atoms with Crippen molar-refractivity contribution < 1.29 is 8.42 Å². The predicted molar refractivity (Wildman–Crippen MR) is 48.2 cm³/mol. The largest absolute Gasteiger partial charge is 0.300 e. The van der Waals surface area contributed by atoms with Gasteiger partial charge >= 0.3 is 0 Å². The summed E-state index contributed by atoms with van der Waals surface area (Å²) in [6, 6.07) is 0. The highest BCUT2D eigenvalue weighted by Gasteiger charge is 2.34. The molecule has 1 aliphatic rings. The van der Waals surface area contributed by atoms with Crippen LogP contribution in [0.4, 0.5) is 0 Å². The van der Waals surface area contributed by atoms with Gasteiger partial charge in [-0.25, -0.2) is 13.6 Å². The van der Waals surface area contributed by atoms with Crippen molar-refractivity contribution >= 4 is 10.0 Å². The molecule has 0 atom stereocenters. The van der Waals surface area contributed by atoms with Gasteiger partial charge in [-0.05, 0) is 5.92 Å². The molecule has 0 aromatic heterocycles. The summed E-state index contributed by atoms with van der Waals surface area (Å²) in [7, 11) is -3.28. The molecule has 0 aromatic carbocycles. The number of nitrogens with zero attached hydrogens (tertiary/aromatic N) is 1. The molecule has 0 saturated carbocycles. The SMILES string of the molecule is CC(C)CN1CC(S(N)(=O)=O)C1. The Bertz CT molecular complexity index is 242. The van der Waals surface area contributed by atoms with E-state index in [1.165, 1.54) is 0 Å². The van der Waals surface area contributed by atoms with Gasteiger partial charge in [0.05, 0.1) is 0 Å². The standard InChI is InChI=1S/C7H16N2O2S/c1-6(2)3-9-4-7(5-9)12(8,10)11/h6-7H,3-5H2,1-2H3,(H2,8,10,11). The molecule has 4 nitrogen and oxygen atoms in total. The van der Waals surface area contributed by atoms with Crippen LogP contribution in [-0.2, 0) is 10.0 Å². The Morgan fingerprint density at radius 1 is 1.50 bits per heavy atom. The molecular weight excluding hydrogens is 176 g/mol. The van der Waals surface area contributed by atoms with Crippen molar-refractivity contribution in [2.24, 2.45) is 11.1 Å². The molecule has 1 fully saturated rings. The summed E-state index contributed by atoms with van der Waals surface area (Å²) in [5.74, 6) is 0.589. The lowest BCUT2D eigenvalue weighted by Crippen LogP contribution is -2.57. The molecule has 0 unspecified atom stereocenters. The Kier molecular flexibility index (Phi) is 2.75. The molecule has 72 valence electrons. The summed E-state index contributed by atoms with van der Waals surface area (Å²) in [4.78, 5) is 2.11. The van der Waals surface area contributed by atoms with Gasteiger partial charge in [-0.3, -0.25) is 0 Å². The van der Waals surface area contributed by atoms with Crippen molar-refractivity contribution in [3.8, 4) is 0 Å². The maximum Gasteiger partial charge on any atom is 0.214 e. The quantitative estimate of drug-likeness (QED) is 0.662. The zero-order valence-corrected chi connectivity index (χ0v) is 8.34. The van der Waals surface area contributed by atoms with Crippen molar-refractivity contribution in [2.75, 3.05) is 19.6 Å². The Morgan fingerprint density at radius 2 is 2.00 bits per heavy atom. The first-order chi connectivity index (χ1) is 5.39. The van der Waals surface area contributed by atoms with E-state index in [9.17, 15) is 8.42 Å². The smallest absolute Gasteiger partial charge is 0.214 e. The molecule has 0 radical (unpaired) electrons. The first kappa shape index (κ1) is 9.95. The van der Waals surface area contributed by atoms with Crippen LogP contribution in [-0.4, -0.2) is 38.2 Å². The normalized spacial score (nSPS) is 21.3. The average molecular weight is 192 g/mol. The van der Waals surface area contributed by atoms with E-state index in [1.807, 2.05) is 0 Å². The number of primary sulfonamides is 1. The third-order valence-electron chi connectivity index (χ3n) is 2.01. The lowest BCUT2D eigenvalue weighted by molar-refractivity contribution is 0.164. The van der Waals surface area contributed by atoms with E-state index in [0.717, 1.165) is 6.54 Å². The van der Waals surface area contributed by atoms with Gasteiger partial charge < -0.3 is 4.90 Å². The molecule has 1 aliphatic heterocycles. The first-order valence-corrected chi connectivity index (χ1v) is 5.74. The van der Waals surface area contributed by atoms with Gasteiger partial charge in [0.1, 0.15) is 5.25 Å². The van der Waals surface area contributed by atoms with Gasteiger partial charge in [0.15, 0.2) is 0 Å². The van der Waals surface area contributed by atoms with E-state index in [-0.39, 0.29) is 5.25 Å². The summed E-state index contributed by atoms with van der Waals surface area (Å²) in [5.41, 5.74) is 0. The molecule has 0 aliphatic carbocycles. The van der Waals surface area contributed by atoms with Crippen LogP contribution in [0.15, 0.2) is 0 Å². The summed E-state index contributed by atoms with van der Waals surface area (Å²) in [5, 5.41) is 4.66. The highest BCUT2D eigenvalue weighted by atomic mass is 32.2. The molecule has 1 heterocycles. The average Bonchev–Trinajstić information content (AvgIpc) is 1.73. The van der Waals surface area contributed by atoms with Crippen LogP contribution in [0.25, 0.3) is 0 Å². The van der Waals surface area contributed by atoms with Gasteiger partial charge in [0.2, 0.25) is 10.0 Å². The molecule has 12 heavy (non-hydrogen) atoms. The molecule has 0 spiro atoms. The van der Waals surface area contributed by atoms with Crippen molar-refractivity contribution in [3.05, 3.63) is 0 Å². The van der Waals surface area contributed by atoms with Crippen LogP contribution in [0.2, 0.25) is 0 Å². The Hall–Kier alpha value is -0.130. The van der Waals surface area contributed by atoms with Crippen LogP contribution < -0.4 is 5.14 Å². The predicted octanol–water partition coefficient (Wildman–Crippen LogP) is -0.385. The monoisotopic (exact) mass is 192 g/mol. The fourth-order valence-electron chi connectivity index (χ4n) is 1.40. The number of hydrogen-bond donors (Lipinski definition) is 1. The zero-order chi connectivity index (χ0) is 9.35. The number of sulfonamides is 1. The molecule has 0 amide bonds. The molecule has 1 rings (SSSR count). The van der Waals surface area contributed by atoms with Gasteiger partial charge in [-0.15, -0.1) is 0 Å². The summed E-state index contributed by atoms with van der Waals surface area (Å²) < 4.78 is 21.6. The van der Waals surface area contributed by atoms with Gasteiger partial charge in [-0.2, -0.15) is 0 Å². The van der Waals surface area contributed by atoms with Gasteiger partial charge in [0, 0.05) is 19.6 Å². The minimum Gasteiger partial charge on any atom is -0.300 e. The molecule has 0 aromatic rings. The van der Waals surface area contributed by atoms with Crippen molar-refractivity contribution in [1.29, 1.82) is 0 Å². The second-order valence-corrected chi connectivity index (χ2v) is 5.67. The second kappa shape index (κ2) is 3.32. The number of rotatable bonds is 3. The zero-order valence-electron chi connectivity index (χ0n) is 7.53. The van der Waals surface area contributed by atoms with Crippen LogP contribution in [0, 0.1) is 5.92 Å². The van der Waals surface area contributed by atoms with Crippen molar-refractivity contribution in [2.45, 2.75) is 19.1 Å². The van der Waals surface area contributed by atoms with Crippen LogP contribution in [0.3, 0.4) is 0 Å². The molecule has 5 heteroatoms. The fraction of sp³-hybridized carbons (Fsp3) is 1.00. The van der Waals surface area contributed by atoms with Crippen LogP contribution in [0.1, 0.15) is 13.8 Å². The van der Waals surface area contributed by atoms with E-state index in [1.54, 1.807) is 0 Å². The van der Waals surface area contributed by atoms with Crippen molar-refractivity contribution in [3.63, 3.8) is 0 Å². The third kappa shape index (κ3) is 2.43. The maximum atomic E-state index is 10.8. The maximum absolute atomic E-state index is 10.8. The van der Waals surface area contributed by atoms with E-state index in [4.69, 9.17) is 5.14 Å². The summed E-state index contributed by atoms with van der Waals surface area (Å²) in [6.07, 6.45) is 0. The molecule has 1 saturated heterocycles. The number of nitrogens with two attached hydrogens (primary N) is 1. The fourth-order valence-corrected chi connectivity index (χ4v) is 2.23.